The molecule has 0 radical (unpaired) electrons. The Balaban J connectivity index is 2.55. The maximum Gasteiger partial charge on any atom is 0.159 e. The SMILES string of the molecule is CCC(CC)CC(O)Cc1ccc(F)c(F)c1. The Morgan fingerprint density at radius 2 is 1.76 bits per heavy atom. The first kappa shape index (κ1) is 14.1. The van der Waals surface area contributed by atoms with Gasteiger partial charge in [-0.05, 0) is 36.5 Å². The second kappa shape index (κ2) is 6.70. The van der Waals surface area contributed by atoms with Crippen molar-refractivity contribution in [2.75, 3.05) is 0 Å². The van der Waals surface area contributed by atoms with Crippen LogP contribution in [0.2, 0.25) is 0 Å². The van der Waals surface area contributed by atoms with E-state index in [2.05, 4.69) is 13.8 Å². The zero-order valence-corrected chi connectivity index (χ0v) is 10.4. The van der Waals surface area contributed by atoms with Crippen LogP contribution in [-0.4, -0.2) is 11.2 Å². The van der Waals surface area contributed by atoms with E-state index in [0.29, 0.717) is 24.3 Å². The highest BCUT2D eigenvalue weighted by atomic mass is 19.2. The highest BCUT2D eigenvalue weighted by Gasteiger charge is 2.13. The van der Waals surface area contributed by atoms with Crippen LogP contribution < -0.4 is 0 Å². The van der Waals surface area contributed by atoms with Crippen molar-refractivity contribution in [2.45, 2.75) is 45.6 Å². The summed E-state index contributed by atoms with van der Waals surface area (Å²) in [6.45, 7) is 4.19. The second-order valence-corrected chi connectivity index (χ2v) is 4.52. The summed E-state index contributed by atoms with van der Waals surface area (Å²) in [7, 11) is 0. The number of halogens is 2. The molecule has 1 aromatic rings. The molecule has 0 amide bonds. The number of hydrogen-bond donors (Lipinski definition) is 1. The van der Waals surface area contributed by atoms with E-state index in [1.54, 1.807) is 0 Å². The molecule has 0 aliphatic heterocycles. The van der Waals surface area contributed by atoms with Gasteiger partial charge in [-0.1, -0.05) is 32.8 Å². The van der Waals surface area contributed by atoms with Gasteiger partial charge in [-0.2, -0.15) is 0 Å². The highest BCUT2D eigenvalue weighted by molar-refractivity contribution is 5.18. The van der Waals surface area contributed by atoms with Crippen molar-refractivity contribution >= 4 is 0 Å². The van der Waals surface area contributed by atoms with E-state index < -0.39 is 17.7 Å². The van der Waals surface area contributed by atoms with Crippen molar-refractivity contribution in [1.29, 1.82) is 0 Å². The number of hydrogen-bond acceptors (Lipinski definition) is 1. The minimum Gasteiger partial charge on any atom is -0.393 e. The lowest BCUT2D eigenvalue weighted by atomic mass is 9.93. The van der Waals surface area contributed by atoms with Crippen LogP contribution in [0.25, 0.3) is 0 Å². The van der Waals surface area contributed by atoms with E-state index in [4.69, 9.17) is 0 Å². The summed E-state index contributed by atoms with van der Waals surface area (Å²) in [5.74, 6) is -1.20. The number of aliphatic hydroxyl groups is 1. The van der Waals surface area contributed by atoms with E-state index >= 15 is 0 Å². The molecule has 0 fully saturated rings. The van der Waals surface area contributed by atoms with Crippen molar-refractivity contribution in [3.05, 3.63) is 35.4 Å². The van der Waals surface area contributed by atoms with Crippen LogP contribution in [0.5, 0.6) is 0 Å². The maximum absolute atomic E-state index is 13.0. The minimum absolute atomic E-state index is 0.383. The quantitative estimate of drug-likeness (QED) is 0.806. The van der Waals surface area contributed by atoms with Crippen molar-refractivity contribution in [3.8, 4) is 0 Å². The van der Waals surface area contributed by atoms with E-state index in [9.17, 15) is 13.9 Å². The third-order valence-corrected chi connectivity index (χ3v) is 3.22. The Bertz CT molecular complexity index is 348. The van der Waals surface area contributed by atoms with Gasteiger partial charge in [-0.15, -0.1) is 0 Å². The first-order valence-electron chi connectivity index (χ1n) is 6.18. The zero-order chi connectivity index (χ0) is 12.8. The lowest BCUT2D eigenvalue weighted by molar-refractivity contribution is 0.139. The van der Waals surface area contributed by atoms with Gasteiger partial charge in [0.15, 0.2) is 11.6 Å². The van der Waals surface area contributed by atoms with Gasteiger partial charge >= 0.3 is 0 Å². The van der Waals surface area contributed by atoms with Gasteiger partial charge in [0.2, 0.25) is 0 Å². The topological polar surface area (TPSA) is 20.2 Å². The van der Waals surface area contributed by atoms with Crippen LogP contribution in [0.15, 0.2) is 18.2 Å². The smallest absolute Gasteiger partial charge is 0.159 e. The van der Waals surface area contributed by atoms with Gasteiger partial charge in [0.25, 0.3) is 0 Å². The molecule has 3 heteroatoms. The van der Waals surface area contributed by atoms with Gasteiger partial charge in [0.05, 0.1) is 6.10 Å². The van der Waals surface area contributed by atoms with Gasteiger partial charge in [0, 0.05) is 0 Å². The first-order chi connectivity index (χ1) is 8.06. The third kappa shape index (κ3) is 4.43. The highest BCUT2D eigenvalue weighted by Crippen LogP contribution is 2.18. The van der Waals surface area contributed by atoms with E-state index in [0.717, 1.165) is 25.0 Å². The summed E-state index contributed by atoms with van der Waals surface area (Å²) >= 11 is 0. The largest absolute Gasteiger partial charge is 0.393 e. The van der Waals surface area contributed by atoms with Crippen molar-refractivity contribution in [3.63, 3.8) is 0 Å². The van der Waals surface area contributed by atoms with Gasteiger partial charge in [0.1, 0.15) is 0 Å². The van der Waals surface area contributed by atoms with Crippen molar-refractivity contribution < 1.29 is 13.9 Å². The zero-order valence-electron chi connectivity index (χ0n) is 10.4. The predicted molar refractivity (Wildman–Crippen MR) is 64.8 cm³/mol. The van der Waals surface area contributed by atoms with Crippen LogP contribution in [0.1, 0.15) is 38.7 Å². The van der Waals surface area contributed by atoms with Crippen molar-refractivity contribution in [2.24, 2.45) is 5.92 Å². The fourth-order valence-corrected chi connectivity index (χ4v) is 2.03. The van der Waals surface area contributed by atoms with Gasteiger partial charge < -0.3 is 5.11 Å². The normalized spacial score (nSPS) is 13.1. The van der Waals surface area contributed by atoms with E-state index in [-0.39, 0.29) is 0 Å². The monoisotopic (exact) mass is 242 g/mol. The molecular formula is C14H20F2O. The molecule has 1 nitrogen and oxygen atoms in total. The summed E-state index contributed by atoms with van der Waals surface area (Å²) in [5, 5.41) is 9.88. The Morgan fingerprint density at radius 1 is 1.12 bits per heavy atom. The average molecular weight is 242 g/mol. The summed E-state index contributed by atoms with van der Waals surface area (Å²) in [6, 6.07) is 3.79. The molecule has 1 rings (SSSR count). The van der Waals surface area contributed by atoms with Crippen LogP contribution >= 0.6 is 0 Å². The lowest BCUT2D eigenvalue weighted by Gasteiger charge is -2.17. The Kier molecular flexibility index (Phi) is 5.56. The Hall–Kier alpha value is -0.960. The molecule has 0 saturated carbocycles. The molecule has 0 saturated heterocycles. The van der Waals surface area contributed by atoms with Crippen LogP contribution in [0, 0.1) is 17.6 Å². The first-order valence-corrected chi connectivity index (χ1v) is 6.18. The van der Waals surface area contributed by atoms with Crippen LogP contribution in [0.3, 0.4) is 0 Å². The Morgan fingerprint density at radius 3 is 2.29 bits per heavy atom. The van der Waals surface area contributed by atoms with Crippen molar-refractivity contribution in [1.82, 2.24) is 0 Å². The lowest BCUT2D eigenvalue weighted by Crippen LogP contribution is -2.15. The molecule has 96 valence electrons. The molecule has 0 aliphatic carbocycles. The summed E-state index contributed by atoms with van der Waals surface area (Å²) in [6.07, 6.45) is 2.68. The third-order valence-electron chi connectivity index (χ3n) is 3.22. The average Bonchev–Trinajstić information content (AvgIpc) is 2.31. The summed E-state index contributed by atoms with van der Waals surface area (Å²) in [5.41, 5.74) is 0.641. The molecule has 0 spiro atoms. The minimum atomic E-state index is -0.850. The molecule has 1 atom stereocenters. The summed E-state index contributed by atoms with van der Waals surface area (Å²) < 4.78 is 25.7. The van der Waals surface area contributed by atoms with Crippen LogP contribution in [0.4, 0.5) is 8.78 Å². The number of benzene rings is 1. The standard InChI is InChI=1S/C14H20F2O/c1-3-10(4-2)7-12(17)8-11-5-6-13(15)14(16)9-11/h5-6,9-10,12,17H,3-4,7-8H2,1-2H3. The maximum atomic E-state index is 13.0. The molecule has 1 aromatic carbocycles. The molecular weight excluding hydrogens is 222 g/mol. The van der Waals surface area contributed by atoms with Gasteiger partial charge in [-0.3, -0.25) is 0 Å². The molecule has 1 N–H and O–H groups in total. The summed E-state index contributed by atoms with van der Waals surface area (Å²) in [4.78, 5) is 0. The number of rotatable bonds is 6. The fourth-order valence-electron chi connectivity index (χ4n) is 2.03. The molecule has 0 aliphatic rings. The molecule has 0 aromatic heterocycles. The molecule has 0 bridgehead atoms. The predicted octanol–water partition coefficient (Wildman–Crippen LogP) is 3.69. The molecule has 17 heavy (non-hydrogen) atoms. The van der Waals surface area contributed by atoms with Gasteiger partial charge in [-0.25, -0.2) is 8.78 Å². The molecule has 1 unspecified atom stereocenters. The molecule has 0 heterocycles. The second-order valence-electron chi connectivity index (χ2n) is 4.52. The Labute approximate surface area is 101 Å². The van der Waals surface area contributed by atoms with E-state index in [1.165, 1.54) is 6.07 Å². The van der Waals surface area contributed by atoms with E-state index in [1.807, 2.05) is 0 Å². The van der Waals surface area contributed by atoms with Crippen LogP contribution in [-0.2, 0) is 6.42 Å². The number of aliphatic hydroxyl groups excluding tert-OH is 1. The fraction of sp³-hybridized carbons (Fsp3) is 0.571.